The number of hydrogen-bond donors (Lipinski definition) is 1. The van der Waals surface area contributed by atoms with Gasteiger partial charge < -0.3 is 10.6 Å². The van der Waals surface area contributed by atoms with Gasteiger partial charge in [0.05, 0.1) is 16.6 Å². The number of nitrogens with zero attached hydrogens (tertiary/aromatic N) is 2. The lowest BCUT2D eigenvalue weighted by atomic mass is 9.96. The first-order valence-corrected chi connectivity index (χ1v) is 7.96. The van der Waals surface area contributed by atoms with Crippen molar-refractivity contribution in [2.75, 3.05) is 18.8 Å². The second-order valence-corrected chi connectivity index (χ2v) is 6.02. The number of carbonyl (C=O) groups excluding carboxylic acids is 1. The van der Waals surface area contributed by atoms with Gasteiger partial charge in [-0.25, -0.2) is 4.39 Å². The number of nitro benzene ring substituents is 1. The van der Waals surface area contributed by atoms with Gasteiger partial charge in [-0.2, -0.15) is 0 Å². The Bertz CT molecular complexity index is 606. The molecule has 1 aromatic rings. The maximum atomic E-state index is 13.6. The summed E-state index contributed by atoms with van der Waals surface area (Å²) in [4.78, 5) is 24.4. The summed E-state index contributed by atoms with van der Waals surface area (Å²) in [5.41, 5.74) is 4.77. The van der Waals surface area contributed by atoms with Crippen LogP contribution in [0.2, 0.25) is 0 Å². The van der Waals surface area contributed by atoms with Crippen molar-refractivity contribution >= 4 is 17.3 Å². The van der Waals surface area contributed by atoms with E-state index in [4.69, 9.17) is 5.73 Å². The Morgan fingerprint density at radius 2 is 2.17 bits per heavy atom. The number of nitro groups is 1. The van der Waals surface area contributed by atoms with Crippen molar-refractivity contribution in [3.8, 4) is 0 Å². The summed E-state index contributed by atoms with van der Waals surface area (Å²) in [5, 5.41) is 10.9. The smallest absolute Gasteiger partial charge is 0.295 e. The molecule has 1 fully saturated rings. The van der Waals surface area contributed by atoms with Gasteiger partial charge in [0, 0.05) is 13.1 Å². The summed E-state index contributed by atoms with van der Waals surface area (Å²) in [6, 6.07) is 1.73. The number of rotatable bonds is 4. The van der Waals surface area contributed by atoms with Gasteiger partial charge >= 0.3 is 0 Å². The SMILES string of the molecule is CCC[C@@H]1CCCN(C(=O)c2cc(F)cc([N+](=O)[O-])c2N)CC1. The fraction of sp³-hybridized carbons (Fsp3) is 0.562. The Balaban J connectivity index is 2.22. The molecule has 23 heavy (non-hydrogen) atoms. The molecule has 0 radical (unpaired) electrons. The first-order valence-electron chi connectivity index (χ1n) is 7.96. The lowest BCUT2D eigenvalue weighted by Gasteiger charge is -2.21. The molecule has 0 spiro atoms. The minimum absolute atomic E-state index is 0.120. The molecular formula is C16H22FN3O3. The van der Waals surface area contributed by atoms with E-state index in [0.29, 0.717) is 19.0 Å². The summed E-state index contributed by atoms with van der Waals surface area (Å²) >= 11 is 0. The zero-order chi connectivity index (χ0) is 17.0. The molecule has 7 heteroatoms. The van der Waals surface area contributed by atoms with Gasteiger partial charge in [0.15, 0.2) is 0 Å². The van der Waals surface area contributed by atoms with Crippen LogP contribution < -0.4 is 5.73 Å². The van der Waals surface area contributed by atoms with Crippen molar-refractivity contribution in [1.82, 2.24) is 4.90 Å². The maximum absolute atomic E-state index is 13.6. The summed E-state index contributed by atoms with van der Waals surface area (Å²) in [5.74, 6) is -0.660. The van der Waals surface area contributed by atoms with E-state index in [2.05, 4.69) is 6.92 Å². The van der Waals surface area contributed by atoms with Crippen molar-refractivity contribution < 1.29 is 14.1 Å². The fourth-order valence-corrected chi connectivity index (χ4v) is 3.17. The minimum Gasteiger partial charge on any atom is -0.393 e. The Labute approximate surface area is 134 Å². The zero-order valence-corrected chi connectivity index (χ0v) is 13.3. The van der Waals surface area contributed by atoms with Crippen molar-refractivity contribution in [2.45, 2.75) is 39.0 Å². The highest BCUT2D eigenvalue weighted by Crippen LogP contribution is 2.29. The minimum atomic E-state index is -0.826. The van der Waals surface area contributed by atoms with E-state index in [0.717, 1.165) is 44.2 Å². The number of nitrogens with two attached hydrogens (primary N) is 1. The van der Waals surface area contributed by atoms with Crippen molar-refractivity contribution in [1.29, 1.82) is 0 Å². The van der Waals surface area contributed by atoms with Crippen LogP contribution in [0.25, 0.3) is 0 Å². The molecule has 1 saturated heterocycles. The summed E-state index contributed by atoms with van der Waals surface area (Å²) in [6.07, 6.45) is 5.10. The lowest BCUT2D eigenvalue weighted by molar-refractivity contribution is -0.384. The predicted molar refractivity (Wildman–Crippen MR) is 85.6 cm³/mol. The second kappa shape index (κ2) is 7.39. The Morgan fingerprint density at radius 1 is 1.43 bits per heavy atom. The van der Waals surface area contributed by atoms with Crippen LogP contribution in [-0.2, 0) is 0 Å². The number of nitrogen functional groups attached to an aromatic ring is 1. The molecule has 0 aromatic heterocycles. The van der Waals surface area contributed by atoms with Crippen molar-refractivity contribution in [2.24, 2.45) is 5.92 Å². The Morgan fingerprint density at radius 3 is 2.83 bits per heavy atom. The van der Waals surface area contributed by atoms with Crippen LogP contribution in [-0.4, -0.2) is 28.8 Å². The van der Waals surface area contributed by atoms with Crippen LogP contribution in [0.5, 0.6) is 0 Å². The van der Waals surface area contributed by atoms with Crippen LogP contribution in [0.15, 0.2) is 12.1 Å². The highest BCUT2D eigenvalue weighted by atomic mass is 19.1. The molecule has 0 aliphatic carbocycles. The van der Waals surface area contributed by atoms with Crippen LogP contribution in [0.4, 0.5) is 15.8 Å². The first kappa shape index (κ1) is 17.2. The number of carbonyl (C=O) groups is 1. The second-order valence-electron chi connectivity index (χ2n) is 6.02. The molecule has 1 heterocycles. The average Bonchev–Trinajstić information content (AvgIpc) is 2.74. The predicted octanol–water partition coefficient (Wildman–Crippen LogP) is 3.36. The third-order valence-electron chi connectivity index (χ3n) is 4.38. The van der Waals surface area contributed by atoms with Gasteiger partial charge in [-0.3, -0.25) is 14.9 Å². The van der Waals surface area contributed by atoms with Gasteiger partial charge in [-0.1, -0.05) is 19.8 Å². The molecule has 1 aromatic carbocycles. The molecule has 6 nitrogen and oxygen atoms in total. The zero-order valence-electron chi connectivity index (χ0n) is 13.3. The summed E-state index contributed by atoms with van der Waals surface area (Å²) in [7, 11) is 0. The van der Waals surface area contributed by atoms with Gasteiger partial charge in [0.25, 0.3) is 11.6 Å². The molecule has 1 amide bonds. The normalized spacial score (nSPS) is 18.5. The van der Waals surface area contributed by atoms with Gasteiger partial charge in [0.1, 0.15) is 11.5 Å². The number of halogens is 1. The number of amides is 1. The molecule has 0 unspecified atom stereocenters. The highest BCUT2D eigenvalue weighted by Gasteiger charge is 2.26. The molecule has 0 bridgehead atoms. The Hall–Kier alpha value is -2.18. The Kier molecular flexibility index (Phi) is 5.52. The lowest BCUT2D eigenvalue weighted by Crippen LogP contribution is -2.32. The van der Waals surface area contributed by atoms with E-state index in [9.17, 15) is 19.3 Å². The van der Waals surface area contributed by atoms with Crippen molar-refractivity contribution in [3.63, 3.8) is 0 Å². The molecule has 1 aliphatic rings. The third kappa shape index (κ3) is 3.97. The van der Waals surface area contributed by atoms with E-state index < -0.39 is 22.3 Å². The van der Waals surface area contributed by atoms with Gasteiger partial charge in [-0.15, -0.1) is 0 Å². The average molecular weight is 323 g/mol. The van der Waals surface area contributed by atoms with Gasteiger partial charge in [0.2, 0.25) is 0 Å². The number of benzene rings is 1. The molecule has 2 rings (SSSR count). The number of hydrogen-bond acceptors (Lipinski definition) is 4. The van der Waals surface area contributed by atoms with E-state index in [-0.39, 0.29) is 11.3 Å². The summed E-state index contributed by atoms with van der Waals surface area (Å²) < 4.78 is 13.6. The molecule has 0 saturated carbocycles. The van der Waals surface area contributed by atoms with Crippen LogP contribution in [0.3, 0.4) is 0 Å². The van der Waals surface area contributed by atoms with E-state index in [1.165, 1.54) is 0 Å². The van der Waals surface area contributed by atoms with Crippen LogP contribution >= 0.6 is 0 Å². The number of likely N-dealkylation sites (tertiary alicyclic amines) is 1. The largest absolute Gasteiger partial charge is 0.393 e. The first-order chi connectivity index (χ1) is 10.9. The monoisotopic (exact) mass is 323 g/mol. The maximum Gasteiger partial charge on any atom is 0.295 e. The van der Waals surface area contributed by atoms with E-state index >= 15 is 0 Å². The third-order valence-corrected chi connectivity index (χ3v) is 4.38. The van der Waals surface area contributed by atoms with Gasteiger partial charge in [-0.05, 0) is 31.2 Å². The fourth-order valence-electron chi connectivity index (χ4n) is 3.17. The molecule has 1 atom stereocenters. The topological polar surface area (TPSA) is 89.5 Å². The molecule has 126 valence electrons. The highest BCUT2D eigenvalue weighted by molar-refractivity contribution is 6.01. The van der Waals surface area contributed by atoms with Crippen molar-refractivity contribution in [3.05, 3.63) is 33.6 Å². The summed E-state index contributed by atoms with van der Waals surface area (Å²) in [6.45, 7) is 3.29. The van der Waals surface area contributed by atoms with E-state index in [1.807, 2.05) is 0 Å². The standard InChI is InChI=1S/C16H22FN3O3/c1-2-4-11-5-3-7-19(8-6-11)16(21)13-9-12(17)10-14(15(13)18)20(22)23/h9-11H,2-8,18H2,1H3/t11-/m1/s1. The molecule has 2 N–H and O–H groups in total. The molecule has 1 aliphatic heterocycles. The van der Waals surface area contributed by atoms with Crippen LogP contribution in [0.1, 0.15) is 49.4 Å². The molecular weight excluding hydrogens is 301 g/mol. The van der Waals surface area contributed by atoms with Crippen LogP contribution in [0, 0.1) is 21.8 Å². The van der Waals surface area contributed by atoms with E-state index in [1.54, 1.807) is 4.90 Å². The quantitative estimate of drug-likeness (QED) is 0.522. The number of anilines is 1.